The van der Waals surface area contributed by atoms with Crippen LogP contribution < -0.4 is 10.6 Å². The van der Waals surface area contributed by atoms with Crippen molar-refractivity contribution >= 4 is 17.6 Å². The Morgan fingerprint density at radius 2 is 1.80 bits per heavy atom. The second-order valence-corrected chi connectivity index (χ2v) is 6.88. The van der Waals surface area contributed by atoms with Crippen LogP contribution in [0.1, 0.15) is 39.5 Å². The van der Waals surface area contributed by atoms with Gasteiger partial charge in [0.2, 0.25) is 0 Å². The van der Waals surface area contributed by atoms with Gasteiger partial charge in [-0.05, 0) is 24.5 Å². The van der Waals surface area contributed by atoms with Crippen LogP contribution in [0.15, 0.2) is 35.3 Å². The molecular weight excluding hydrogens is 310 g/mol. The number of para-hydroxylation sites is 1. The first-order valence-electron chi connectivity index (χ1n) is 9.29. The average molecular weight is 347 g/mol. The van der Waals surface area contributed by atoms with Gasteiger partial charge in [-0.25, -0.2) is 4.99 Å². The van der Waals surface area contributed by atoms with E-state index in [0.29, 0.717) is 11.9 Å². The standard InChI is InChI=1S/C20H36N5/c1-7-9-13-17(8-2)16-22-19(21)25(18-14-11-10-12-15-18)20(23(3)4)24(5)6/h10-12,14-15,17H,7-9,13,16H2,1-6H3,(H2,21,22)/q+1. The van der Waals surface area contributed by atoms with E-state index in [4.69, 9.17) is 10.7 Å². The monoisotopic (exact) mass is 346 g/mol. The largest absolute Gasteiger partial charge is 0.362 e. The summed E-state index contributed by atoms with van der Waals surface area (Å²) in [7, 11) is 8.09. The van der Waals surface area contributed by atoms with Gasteiger partial charge in [0.15, 0.2) is 0 Å². The fourth-order valence-electron chi connectivity index (χ4n) is 2.94. The molecule has 1 atom stereocenters. The molecule has 1 aromatic carbocycles. The van der Waals surface area contributed by atoms with Crippen molar-refractivity contribution in [3.63, 3.8) is 0 Å². The third-order valence-corrected chi connectivity index (χ3v) is 4.30. The lowest BCUT2D eigenvalue weighted by molar-refractivity contribution is -0.470. The minimum Gasteiger partial charge on any atom is -0.356 e. The van der Waals surface area contributed by atoms with Crippen LogP contribution in [-0.4, -0.2) is 56.1 Å². The highest BCUT2D eigenvalue weighted by atomic mass is 15.4. The molecule has 1 aromatic rings. The molecule has 0 spiro atoms. The van der Waals surface area contributed by atoms with Gasteiger partial charge in [-0.2, -0.15) is 4.90 Å². The summed E-state index contributed by atoms with van der Waals surface area (Å²) in [6, 6.07) is 10.2. The first kappa shape index (κ1) is 21.0. The Labute approximate surface area is 153 Å². The van der Waals surface area contributed by atoms with Crippen molar-refractivity contribution in [2.75, 3.05) is 39.6 Å². The molecule has 1 rings (SSSR count). The van der Waals surface area contributed by atoms with E-state index >= 15 is 0 Å². The van der Waals surface area contributed by atoms with Crippen LogP contribution >= 0.6 is 0 Å². The van der Waals surface area contributed by atoms with E-state index in [1.807, 2.05) is 51.3 Å². The zero-order valence-corrected chi connectivity index (χ0v) is 16.9. The van der Waals surface area contributed by atoms with E-state index in [9.17, 15) is 0 Å². The molecule has 140 valence electrons. The summed E-state index contributed by atoms with van der Waals surface area (Å²) in [4.78, 5) is 8.84. The van der Waals surface area contributed by atoms with Gasteiger partial charge in [-0.1, -0.05) is 51.3 Å². The third-order valence-electron chi connectivity index (χ3n) is 4.30. The molecule has 0 aromatic heterocycles. The van der Waals surface area contributed by atoms with Gasteiger partial charge in [-0.15, -0.1) is 0 Å². The van der Waals surface area contributed by atoms with Crippen molar-refractivity contribution in [3.05, 3.63) is 30.3 Å². The van der Waals surface area contributed by atoms with Crippen molar-refractivity contribution < 1.29 is 4.58 Å². The van der Waals surface area contributed by atoms with Crippen LogP contribution in [0.4, 0.5) is 5.69 Å². The Bertz CT molecular complexity index is 559. The number of benzene rings is 1. The minimum atomic E-state index is 0.540. The van der Waals surface area contributed by atoms with Crippen LogP contribution in [-0.2, 0) is 0 Å². The lowest BCUT2D eigenvalue weighted by Crippen LogP contribution is -2.51. The number of guanidine groups is 2. The maximum atomic E-state index is 6.46. The maximum absolute atomic E-state index is 6.46. The minimum absolute atomic E-state index is 0.540. The number of hydrogen-bond acceptors (Lipinski definition) is 1. The molecule has 0 radical (unpaired) electrons. The highest BCUT2D eigenvalue weighted by molar-refractivity contribution is 6.15. The summed E-state index contributed by atoms with van der Waals surface area (Å²) in [5.41, 5.74) is 7.48. The Morgan fingerprint density at radius 1 is 1.16 bits per heavy atom. The second-order valence-electron chi connectivity index (χ2n) is 6.88. The third kappa shape index (κ3) is 6.40. The van der Waals surface area contributed by atoms with E-state index in [1.165, 1.54) is 19.3 Å². The molecule has 5 nitrogen and oxygen atoms in total. The van der Waals surface area contributed by atoms with Crippen molar-refractivity contribution in [3.8, 4) is 0 Å². The summed E-state index contributed by atoms with van der Waals surface area (Å²) in [5.74, 6) is 2.12. The fraction of sp³-hybridized carbons (Fsp3) is 0.600. The number of hydrogen-bond donors (Lipinski definition) is 1. The summed E-state index contributed by atoms with van der Waals surface area (Å²) >= 11 is 0. The summed E-state index contributed by atoms with van der Waals surface area (Å²) < 4.78 is 2.06. The van der Waals surface area contributed by atoms with Crippen LogP contribution in [0.2, 0.25) is 0 Å². The molecule has 0 fully saturated rings. The van der Waals surface area contributed by atoms with Crippen molar-refractivity contribution in [2.45, 2.75) is 39.5 Å². The molecule has 0 aliphatic rings. The van der Waals surface area contributed by atoms with Gasteiger partial charge in [-0.3, -0.25) is 9.48 Å². The van der Waals surface area contributed by atoms with Crippen molar-refractivity contribution in [1.29, 1.82) is 0 Å². The Morgan fingerprint density at radius 3 is 2.28 bits per heavy atom. The van der Waals surface area contributed by atoms with E-state index in [1.54, 1.807) is 0 Å². The molecule has 0 amide bonds. The first-order valence-corrected chi connectivity index (χ1v) is 9.29. The van der Waals surface area contributed by atoms with Crippen LogP contribution in [0, 0.1) is 5.92 Å². The predicted octanol–water partition coefficient (Wildman–Crippen LogP) is 3.21. The molecule has 1 unspecified atom stereocenters. The molecule has 25 heavy (non-hydrogen) atoms. The SMILES string of the molecule is CCCCC(CC)CN=C(N)N(C(N(C)C)=[N+](C)C)c1ccccc1. The quantitative estimate of drug-likeness (QED) is 0.468. The molecule has 0 saturated heterocycles. The smallest absolute Gasteiger partial charge is 0.356 e. The number of anilines is 1. The number of nitrogens with zero attached hydrogens (tertiary/aromatic N) is 4. The predicted molar refractivity (Wildman–Crippen MR) is 110 cm³/mol. The van der Waals surface area contributed by atoms with Gasteiger partial charge in [0, 0.05) is 6.54 Å². The van der Waals surface area contributed by atoms with Crippen LogP contribution in [0.25, 0.3) is 0 Å². The lowest BCUT2D eigenvalue weighted by Gasteiger charge is -2.24. The van der Waals surface area contributed by atoms with Gasteiger partial charge < -0.3 is 5.73 Å². The number of aliphatic imine (C=N–C) groups is 1. The molecule has 2 N–H and O–H groups in total. The highest BCUT2D eigenvalue weighted by Crippen LogP contribution is 2.16. The number of unbranched alkanes of at least 4 members (excludes halogenated alkanes) is 1. The van der Waals surface area contributed by atoms with E-state index < -0.39 is 0 Å². The average Bonchev–Trinajstić information content (AvgIpc) is 2.59. The first-order chi connectivity index (χ1) is 11.9. The summed E-state index contributed by atoms with van der Waals surface area (Å²) in [6.07, 6.45) is 4.83. The zero-order chi connectivity index (χ0) is 18.8. The van der Waals surface area contributed by atoms with E-state index in [2.05, 4.69) is 35.5 Å². The Kier molecular flexibility index (Phi) is 9.03. The van der Waals surface area contributed by atoms with E-state index in [0.717, 1.165) is 24.6 Å². The summed E-state index contributed by atoms with van der Waals surface area (Å²) in [6.45, 7) is 5.24. The van der Waals surface area contributed by atoms with Gasteiger partial charge >= 0.3 is 5.96 Å². The molecule has 0 bridgehead atoms. The van der Waals surface area contributed by atoms with Gasteiger partial charge in [0.1, 0.15) is 5.69 Å². The second kappa shape index (κ2) is 10.7. The molecule has 5 heteroatoms. The molecule has 0 saturated carbocycles. The zero-order valence-electron chi connectivity index (χ0n) is 16.9. The Balaban J connectivity index is 3.15. The Hall–Kier alpha value is -2.04. The maximum Gasteiger partial charge on any atom is 0.362 e. The molecular formula is C20H36N5+. The van der Waals surface area contributed by atoms with Crippen LogP contribution in [0.5, 0.6) is 0 Å². The van der Waals surface area contributed by atoms with Crippen molar-refractivity contribution in [1.82, 2.24) is 4.90 Å². The normalized spacial score (nSPS) is 12.6. The topological polar surface area (TPSA) is 47.9 Å². The van der Waals surface area contributed by atoms with E-state index in [-0.39, 0.29) is 0 Å². The van der Waals surface area contributed by atoms with Crippen LogP contribution in [0.3, 0.4) is 0 Å². The highest BCUT2D eigenvalue weighted by Gasteiger charge is 2.28. The molecule has 0 aliphatic carbocycles. The summed E-state index contributed by atoms with van der Waals surface area (Å²) in [5, 5.41) is 0. The lowest BCUT2D eigenvalue weighted by atomic mass is 10.00. The molecule has 0 heterocycles. The molecule has 0 aliphatic heterocycles. The number of nitrogens with two attached hydrogens (primary N) is 1. The van der Waals surface area contributed by atoms with Gasteiger partial charge in [0.05, 0.1) is 28.2 Å². The number of rotatable bonds is 7. The van der Waals surface area contributed by atoms with Gasteiger partial charge in [0.25, 0.3) is 5.96 Å². The van der Waals surface area contributed by atoms with Crippen molar-refractivity contribution in [2.24, 2.45) is 16.6 Å². The fourth-order valence-corrected chi connectivity index (χ4v) is 2.94.